The lowest BCUT2D eigenvalue weighted by Crippen LogP contribution is -2.06. The van der Waals surface area contributed by atoms with Crippen molar-refractivity contribution in [2.24, 2.45) is 0 Å². The molecule has 0 aliphatic heterocycles. The van der Waals surface area contributed by atoms with Crippen LogP contribution in [0.3, 0.4) is 0 Å². The molecule has 0 saturated heterocycles. The van der Waals surface area contributed by atoms with E-state index in [1.165, 1.54) is 6.20 Å². The highest BCUT2D eigenvalue weighted by molar-refractivity contribution is 7.93. The molecule has 0 aliphatic carbocycles. The molecule has 0 aromatic carbocycles. The molecule has 0 amide bonds. The monoisotopic (exact) mass is 287 g/mol. The summed E-state index contributed by atoms with van der Waals surface area (Å²) in [5.74, 6) is -2.59. The van der Waals surface area contributed by atoms with E-state index in [-0.39, 0.29) is 8.68 Å². The molecule has 16 heavy (non-hydrogen) atoms. The van der Waals surface area contributed by atoms with Gasteiger partial charge in [0.25, 0.3) is 0 Å². The molecule has 3 nitrogen and oxygen atoms in total. The van der Waals surface area contributed by atoms with Crippen LogP contribution in [0.25, 0.3) is 0 Å². The molecule has 0 N–H and O–H groups in total. The molecule has 0 spiro atoms. The van der Waals surface area contributed by atoms with E-state index < -0.39 is 33.7 Å². The Labute approximate surface area is 101 Å². The minimum atomic E-state index is -3.69. The highest BCUT2D eigenvalue weighted by atomic mass is 35.5. The topological polar surface area (TPSA) is 47.0 Å². The van der Waals surface area contributed by atoms with Crippen molar-refractivity contribution in [3.63, 3.8) is 0 Å². The Balaban J connectivity index is 2.78. The summed E-state index contributed by atoms with van der Waals surface area (Å²) in [6.07, 6.45) is 0.702. The molecule has 0 radical (unpaired) electrons. The Bertz CT molecular complexity index is 506. The zero-order chi connectivity index (χ0) is 12.3. The van der Waals surface area contributed by atoms with Gasteiger partial charge in [0, 0.05) is 6.42 Å². The van der Waals surface area contributed by atoms with Crippen molar-refractivity contribution in [1.29, 1.82) is 0 Å². The predicted octanol–water partition coefficient (Wildman–Crippen LogP) is 3.13. The lowest BCUT2D eigenvalue weighted by molar-refractivity contribution is 0.515. The highest BCUT2D eigenvalue weighted by Crippen LogP contribution is 2.24. The van der Waals surface area contributed by atoms with Crippen molar-refractivity contribution in [2.45, 2.75) is 17.7 Å². The van der Waals surface area contributed by atoms with Crippen LogP contribution >= 0.6 is 22.9 Å². The summed E-state index contributed by atoms with van der Waals surface area (Å²) in [5, 5.41) is 0. The van der Waals surface area contributed by atoms with Crippen molar-refractivity contribution in [1.82, 2.24) is 4.98 Å². The molecule has 0 aliphatic rings. The maximum absolute atomic E-state index is 12.8. The molecule has 90 valence electrons. The zero-order valence-electron chi connectivity index (χ0n) is 8.21. The number of nitrogens with zero attached hydrogens (tertiary/aromatic N) is 1. The van der Waals surface area contributed by atoms with Gasteiger partial charge in [-0.1, -0.05) is 22.9 Å². The van der Waals surface area contributed by atoms with Crippen molar-refractivity contribution >= 4 is 32.8 Å². The number of halogens is 3. The summed E-state index contributed by atoms with van der Waals surface area (Å²) in [6.45, 7) is 0.933. The van der Waals surface area contributed by atoms with Crippen LogP contribution in [-0.2, 0) is 9.84 Å². The number of rotatable bonds is 4. The number of sulfone groups is 1. The van der Waals surface area contributed by atoms with Crippen molar-refractivity contribution < 1.29 is 17.2 Å². The van der Waals surface area contributed by atoms with E-state index in [0.29, 0.717) is 0 Å². The van der Waals surface area contributed by atoms with Gasteiger partial charge in [-0.05, 0) is 6.92 Å². The van der Waals surface area contributed by atoms with E-state index in [9.17, 15) is 17.2 Å². The molecule has 1 aromatic heterocycles. The summed E-state index contributed by atoms with van der Waals surface area (Å²) < 4.78 is 48.3. The minimum Gasteiger partial charge on any atom is -0.232 e. The second-order valence-electron chi connectivity index (χ2n) is 2.94. The average Bonchev–Trinajstić information content (AvgIpc) is 2.61. The largest absolute Gasteiger partial charge is 0.232 e. The maximum atomic E-state index is 12.8. The molecule has 0 atom stereocenters. The van der Waals surface area contributed by atoms with Crippen molar-refractivity contribution in [3.8, 4) is 0 Å². The van der Waals surface area contributed by atoms with Gasteiger partial charge in [0.15, 0.2) is 0 Å². The number of aromatic nitrogens is 1. The first kappa shape index (κ1) is 13.5. The fourth-order valence-electron chi connectivity index (χ4n) is 0.867. The summed E-state index contributed by atoms with van der Waals surface area (Å²) in [7, 11) is -3.69. The summed E-state index contributed by atoms with van der Waals surface area (Å²) >= 11 is 6.32. The van der Waals surface area contributed by atoms with E-state index in [2.05, 4.69) is 4.98 Å². The van der Waals surface area contributed by atoms with Gasteiger partial charge in [-0.2, -0.15) is 0 Å². The SMILES string of the molecule is C/C(F)=C(/F)CCS(=O)(=O)c1ncc(Cl)s1. The highest BCUT2D eigenvalue weighted by Gasteiger charge is 2.19. The van der Waals surface area contributed by atoms with E-state index in [1.807, 2.05) is 0 Å². The van der Waals surface area contributed by atoms with Crippen LogP contribution in [0.2, 0.25) is 4.34 Å². The average molecular weight is 288 g/mol. The summed E-state index contributed by atoms with van der Waals surface area (Å²) in [5.41, 5.74) is 0. The van der Waals surface area contributed by atoms with Gasteiger partial charge in [-0.3, -0.25) is 0 Å². The standard InChI is InChI=1S/C8H8ClF2NO2S2/c1-5(10)6(11)2-3-16(13,14)8-12-4-7(9)15-8/h4H,2-3H2,1H3/b6-5-. The van der Waals surface area contributed by atoms with Crippen LogP contribution in [0.15, 0.2) is 22.2 Å². The van der Waals surface area contributed by atoms with E-state index in [1.54, 1.807) is 0 Å². The number of hydrogen-bond acceptors (Lipinski definition) is 4. The van der Waals surface area contributed by atoms with Gasteiger partial charge >= 0.3 is 0 Å². The molecule has 0 unspecified atom stereocenters. The Morgan fingerprint density at radius 3 is 2.62 bits per heavy atom. The van der Waals surface area contributed by atoms with Gasteiger partial charge in [-0.25, -0.2) is 22.2 Å². The second kappa shape index (κ2) is 5.20. The van der Waals surface area contributed by atoms with Gasteiger partial charge in [0.2, 0.25) is 14.2 Å². The smallest absolute Gasteiger partial charge is 0.210 e. The first-order valence-corrected chi connectivity index (χ1v) is 7.02. The van der Waals surface area contributed by atoms with Crippen LogP contribution in [-0.4, -0.2) is 19.2 Å². The third-order valence-electron chi connectivity index (χ3n) is 1.69. The van der Waals surface area contributed by atoms with Crippen LogP contribution in [0.5, 0.6) is 0 Å². The summed E-state index contributed by atoms with van der Waals surface area (Å²) in [4.78, 5) is 3.58. The molecule has 1 rings (SSSR count). The fraction of sp³-hybridized carbons (Fsp3) is 0.375. The van der Waals surface area contributed by atoms with E-state index in [4.69, 9.17) is 11.6 Å². The molecule has 0 bridgehead atoms. The Morgan fingerprint density at radius 2 is 2.19 bits per heavy atom. The fourth-order valence-corrected chi connectivity index (χ4v) is 3.51. The Kier molecular flexibility index (Phi) is 4.40. The quantitative estimate of drug-likeness (QED) is 0.855. The lowest BCUT2D eigenvalue weighted by atomic mass is 10.4. The van der Waals surface area contributed by atoms with E-state index in [0.717, 1.165) is 18.3 Å². The predicted molar refractivity (Wildman–Crippen MR) is 58.7 cm³/mol. The minimum absolute atomic E-state index is 0.179. The number of thiazole rings is 1. The van der Waals surface area contributed by atoms with Gasteiger partial charge < -0.3 is 0 Å². The molecular weight excluding hydrogens is 280 g/mol. The molecule has 1 aromatic rings. The van der Waals surface area contributed by atoms with Gasteiger partial charge in [0.1, 0.15) is 16.0 Å². The van der Waals surface area contributed by atoms with Gasteiger partial charge in [0.05, 0.1) is 11.9 Å². The third kappa shape index (κ3) is 3.50. The summed E-state index contributed by atoms with van der Waals surface area (Å²) in [6, 6.07) is 0. The third-order valence-corrected chi connectivity index (χ3v) is 4.99. The molecule has 1 heterocycles. The first-order chi connectivity index (χ1) is 7.33. The van der Waals surface area contributed by atoms with Crippen molar-refractivity contribution in [3.05, 3.63) is 22.2 Å². The lowest BCUT2D eigenvalue weighted by Gasteiger charge is -1.99. The zero-order valence-corrected chi connectivity index (χ0v) is 10.6. The number of hydrogen-bond donors (Lipinski definition) is 0. The maximum Gasteiger partial charge on any atom is 0.210 e. The van der Waals surface area contributed by atoms with Crippen LogP contribution in [0.1, 0.15) is 13.3 Å². The van der Waals surface area contributed by atoms with Gasteiger partial charge in [-0.15, -0.1) is 0 Å². The van der Waals surface area contributed by atoms with Crippen molar-refractivity contribution in [2.75, 3.05) is 5.75 Å². The molecule has 8 heteroatoms. The van der Waals surface area contributed by atoms with Crippen LogP contribution in [0, 0.1) is 0 Å². The molecular formula is C8H8ClF2NO2S2. The van der Waals surface area contributed by atoms with Crippen LogP contribution < -0.4 is 0 Å². The Hall–Kier alpha value is -0.530. The first-order valence-electron chi connectivity index (χ1n) is 4.18. The molecule has 0 fully saturated rings. The molecule has 0 saturated carbocycles. The normalized spacial score (nSPS) is 13.8. The van der Waals surface area contributed by atoms with E-state index >= 15 is 0 Å². The van der Waals surface area contributed by atoms with Crippen LogP contribution in [0.4, 0.5) is 8.78 Å². The second-order valence-corrected chi connectivity index (χ2v) is 6.88. The Morgan fingerprint density at radius 1 is 1.56 bits per heavy atom. The number of allylic oxidation sites excluding steroid dienone is 2.